The normalized spacial score (nSPS) is 21.3. The summed E-state index contributed by atoms with van der Waals surface area (Å²) in [6.45, 7) is 1.58. The van der Waals surface area contributed by atoms with Gasteiger partial charge in [0.25, 0.3) is 5.91 Å². The van der Waals surface area contributed by atoms with Crippen LogP contribution in [0.15, 0.2) is 54.7 Å². The Morgan fingerprint density at radius 3 is 2.68 bits per heavy atom. The number of amides is 1. The Hall–Kier alpha value is -4.77. The van der Waals surface area contributed by atoms with Crippen LogP contribution < -0.4 is 10.5 Å². The third-order valence-corrected chi connectivity index (χ3v) is 9.97. The molecule has 2 aliphatic carbocycles. The zero-order chi connectivity index (χ0) is 29.7. The maximum atomic E-state index is 13.7. The molecule has 2 unspecified atom stereocenters. The molecule has 11 nitrogen and oxygen atoms in total. The van der Waals surface area contributed by atoms with Gasteiger partial charge in [-0.3, -0.25) is 9.20 Å². The first-order valence-corrected chi connectivity index (χ1v) is 15.4. The van der Waals surface area contributed by atoms with E-state index in [0.717, 1.165) is 70.9 Å². The lowest BCUT2D eigenvalue weighted by Crippen LogP contribution is -2.41. The van der Waals surface area contributed by atoms with Crippen molar-refractivity contribution < 1.29 is 9.53 Å². The van der Waals surface area contributed by atoms with E-state index in [1.165, 1.54) is 12.8 Å². The number of pyridine rings is 2. The highest BCUT2D eigenvalue weighted by Gasteiger charge is 2.47. The lowest BCUT2D eigenvalue weighted by Gasteiger charge is -2.27. The molecule has 5 aromatic heterocycles. The molecule has 44 heavy (non-hydrogen) atoms. The number of nitrogens with two attached hydrogens (primary N) is 1. The van der Waals surface area contributed by atoms with E-state index >= 15 is 0 Å². The number of likely N-dealkylation sites (tertiary alicyclic amines) is 1. The summed E-state index contributed by atoms with van der Waals surface area (Å²) < 4.78 is 12.2. The van der Waals surface area contributed by atoms with Crippen LogP contribution >= 0.6 is 0 Å². The van der Waals surface area contributed by atoms with Gasteiger partial charge in [0.15, 0.2) is 17.3 Å². The van der Waals surface area contributed by atoms with E-state index in [9.17, 15) is 4.79 Å². The van der Waals surface area contributed by atoms with Gasteiger partial charge in [0.05, 0.1) is 18.3 Å². The highest BCUT2D eigenvalue weighted by atomic mass is 16.5. The minimum absolute atomic E-state index is 0.000587. The zero-order valence-corrected chi connectivity index (χ0v) is 24.7. The second kappa shape index (κ2) is 9.36. The van der Waals surface area contributed by atoms with Crippen molar-refractivity contribution in [2.24, 2.45) is 24.6 Å². The van der Waals surface area contributed by atoms with Crippen molar-refractivity contribution in [3.8, 4) is 28.8 Å². The van der Waals surface area contributed by atoms with E-state index in [0.29, 0.717) is 29.0 Å². The number of imidazole rings is 1. The number of carbonyl (C=O) groups is 1. The Kier molecular flexibility index (Phi) is 5.47. The molecule has 6 aromatic rings. The molecule has 3 aliphatic rings. The lowest BCUT2D eigenvalue weighted by atomic mass is 10.1. The van der Waals surface area contributed by atoms with Gasteiger partial charge in [-0.2, -0.15) is 0 Å². The molecule has 6 heterocycles. The number of nitrogens with zero attached hydrogens (tertiary/aromatic N) is 8. The molecule has 1 aromatic carbocycles. The van der Waals surface area contributed by atoms with Crippen LogP contribution in [0.4, 0.5) is 0 Å². The Bertz CT molecular complexity index is 2120. The van der Waals surface area contributed by atoms with Crippen LogP contribution in [0.25, 0.3) is 50.8 Å². The standard InChI is InChI=1S/C33H33N9O2/c1-39-29-23(13-21(15-26(29)44-2)33(43)42-17-20-9-11-24(42)28(20)34)36-32(39)25-14-19-8-10-22(35-30(19)41(25)16-18-6-7-18)31-38-37-27-5-3-4-12-40(27)31/h3-5,8,10,12-15,18,20,24,28H,6-7,9,11,16-17,34H2,1-2H3/t20?,24?,28-/m1/s1. The number of fused-ring (bicyclic) bond motifs is 5. The summed E-state index contributed by atoms with van der Waals surface area (Å²) in [5.74, 6) is 3.14. The molecule has 0 spiro atoms. The number of rotatable bonds is 6. The minimum atomic E-state index is 0.000587. The van der Waals surface area contributed by atoms with E-state index in [1.54, 1.807) is 7.11 Å². The highest BCUT2D eigenvalue weighted by Crippen LogP contribution is 2.40. The minimum Gasteiger partial charge on any atom is -0.494 e. The highest BCUT2D eigenvalue weighted by molar-refractivity contribution is 6.00. The molecular formula is C33H33N9O2. The quantitative estimate of drug-likeness (QED) is 0.309. The van der Waals surface area contributed by atoms with Crippen LogP contribution in [0.1, 0.15) is 36.0 Å². The number of benzene rings is 1. The number of methoxy groups -OCH3 is 1. The Morgan fingerprint density at radius 1 is 1.02 bits per heavy atom. The van der Waals surface area contributed by atoms with E-state index in [-0.39, 0.29) is 18.0 Å². The maximum absolute atomic E-state index is 13.7. The molecule has 11 heteroatoms. The van der Waals surface area contributed by atoms with Gasteiger partial charge in [-0.05, 0) is 80.0 Å². The second-order valence-electron chi connectivity index (χ2n) is 12.6. The zero-order valence-electron chi connectivity index (χ0n) is 24.7. The Balaban J connectivity index is 1.17. The van der Waals surface area contributed by atoms with Gasteiger partial charge in [-0.25, -0.2) is 9.97 Å². The maximum Gasteiger partial charge on any atom is 0.254 e. The summed E-state index contributed by atoms with van der Waals surface area (Å²) in [7, 11) is 3.65. The first kappa shape index (κ1) is 25.7. The lowest BCUT2D eigenvalue weighted by molar-refractivity contribution is 0.0700. The molecule has 1 aliphatic heterocycles. The largest absolute Gasteiger partial charge is 0.494 e. The second-order valence-corrected chi connectivity index (χ2v) is 12.6. The number of ether oxygens (including phenoxy) is 1. The number of aryl methyl sites for hydroxylation is 1. The fraction of sp³-hybridized carbons (Fsp3) is 0.364. The predicted molar refractivity (Wildman–Crippen MR) is 166 cm³/mol. The molecule has 2 bridgehead atoms. The first-order valence-electron chi connectivity index (χ1n) is 15.4. The van der Waals surface area contributed by atoms with Gasteiger partial charge in [-0.1, -0.05) is 6.07 Å². The van der Waals surface area contributed by atoms with Crippen LogP contribution in [-0.4, -0.2) is 70.2 Å². The monoisotopic (exact) mass is 587 g/mol. The number of hydrogen-bond donors (Lipinski definition) is 1. The molecule has 3 fully saturated rings. The van der Waals surface area contributed by atoms with Crippen molar-refractivity contribution in [3.05, 3.63) is 60.3 Å². The Labute approximate surface area is 253 Å². The van der Waals surface area contributed by atoms with Gasteiger partial charge in [0, 0.05) is 49.4 Å². The smallest absolute Gasteiger partial charge is 0.254 e. The fourth-order valence-corrected chi connectivity index (χ4v) is 7.46. The average molecular weight is 588 g/mol. The number of hydrogen-bond acceptors (Lipinski definition) is 7. The van der Waals surface area contributed by atoms with Crippen molar-refractivity contribution in [1.82, 2.24) is 38.6 Å². The summed E-state index contributed by atoms with van der Waals surface area (Å²) in [5.41, 5.74) is 12.0. The molecule has 3 atom stereocenters. The van der Waals surface area contributed by atoms with Crippen molar-refractivity contribution in [1.29, 1.82) is 0 Å². The van der Waals surface area contributed by atoms with Gasteiger partial charge >= 0.3 is 0 Å². The van der Waals surface area contributed by atoms with Gasteiger partial charge < -0.3 is 24.5 Å². The summed E-state index contributed by atoms with van der Waals surface area (Å²) in [5, 5.41) is 9.81. The third kappa shape index (κ3) is 3.75. The van der Waals surface area contributed by atoms with Crippen molar-refractivity contribution in [3.63, 3.8) is 0 Å². The Morgan fingerprint density at radius 2 is 1.91 bits per heavy atom. The number of carbonyl (C=O) groups excluding carboxylic acids is 1. The molecule has 222 valence electrons. The molecular weight excluding hydrogens is 554 g/mol. The van der Waals surface area contributed by atoms with Crippen LogP contribution in [0.3, 0.4) is 0 Å². The summed E-state index contributed by atoms with van der Waals surface area (Å²) in [4.78, 5) is 25.9. The molecule has 1 amide bonds. The van der Waals surface area contributed by atoms with E-state index < -0.39 is 0 Å². The number of aromatic nitrogens is 7. The van der Waals surface area contributed by atoms with Gasteiger partial charge in [-0.15, -0.1) is 10.2 Å². The van der Waals surface area contributed by atoms with Gasteiger partial charge in [0.2, 0.25) is 0 Å². The van der Waals surface area contributed by atoms with Crippen molar-refractivity contribution >= 4 is 33.6 Å². The van der Waals surface area contributed by atoms with Gasteiger partial charge in [0.1, 0.15) is 22.6 Å². The average Bonchev–Trinajstić information content (AvgIpc) is 3.30. The van der Waals surface area contributed by atoms with Crippen molar-refractivity contribution in [2.45, 2.75) is 44.3 Å². The molecule has 1 saturated heterocycles. The van der Waals surface area contributed by atoms with E-state index in [4.69, 9.17) is 20.4 Å². The van der Waals surface area contributed by atoms with Crippen LogP contribution in [0.2, 0.25) is 0 Å². The van der Waals surface area contributed by atoms with Crippen LogP contribution in [-0.2, 0) is 13.6 Å². The van der Waals surface area contributed by atoms with Crippen LogP contribution in [0, 0.1) is 11.8 Å². The summed E-state index contributed by atoms with van der Waals surface area (Å²) in [6, 6.07) is 16.1. The van der Waals surface area contributed by atoms with Crippen LogP contribution in [0.5, 0.6) is 5.75 Å². The molecule has 2 saturated carbocycles. The van der Waals surface area contributed by atoms with Crippen molar-refractivity contribution in [2.75, 3.05) is 13.7 Å². The predicted octanol–water partition coefficient (Wildman–Crippen LogP) is 4.28. The SMILES string of the molecule is COc1cc(C(=O)N2CC3CCC2[C@@H]3N)cc2nc(-c3cc4ccc(-c5nnc6ccccn56)nc4n3CC3CC3)n(C)c12. The topological polar surface area (TPSA) is 121 Å². The summed E-state index contributed by atoms with van der Waals surface area (Å²) >= 11 is 0. The molecule has 9 rings (SSSR count). The molecule has 0 radical (unpaired) electrons. The van der Waals surface area contributed by atoms with E-state index in [2.05, 4.69) is 31.5 Å². The third-order valence-electron chi connectivity index (χ3n) is 9.97. The fourth-order valence-electron chi connectivity index (χ4n) is 7.46. The molecule has 2 N–H and O–H groups in total. The summed E-state index contributed by atoms with van der Waals surface area (Å²) in [6.07, 6.45) is 6.44. The van der Waals surface area contributed by atoms with E-state index in [1.807, 2.05) is 58.9 Å². The number of piperidine rings is 1. The first-order chi connectivity index (χ1) is 21.5.